The van der Waals surface area contributed by atoms with Crippen molar-refractivity contribution in [1.82, 2.24) is 5.32 Å². The molecule has 0 aliphatic carbocycles. The van der Waals surface area contributed by atoms with Gasteiger partial charge >= 0.3 is 0 Å². The van der Waals surface area contributed by atoms with Gasteiger partial charge in [0.25, 0.3) is 5.91 Å². The SMILES string of the molecule is COc1ccc2c(c1)C(=CC(=O)c1cccc(NC(=O)c3cc(F)c(Cl)cc3Cl)c1)NC(C)(C)C2. The van der Waals surface area contributed by atoms with Gasteiger partial charge in [0.2, 0.25) is 0 Å². The standard InChI is InChI=1S/C27H23Cl2FN2O3/c1-27(2)14-16-7-8-18(35-3)10-19(16)24(32-27)13-25(33)15-5-4-6-17(9-15)31-26(34)20-11-23(30)22(29)12-21(20)28/h4-13,32H,14H2,1-3H3,(H,31,34). The second-order valence-electron chi connectivity index (χ2n) is 8.91. The number of amides is 1. The maximum absolute atomic E-state index is 13.8. The lowest BCUT2D eigenvalue weighted by Gasteiger charge is -2.35. The van der Waals surface area contributed by atoms with Gasteiger partial charge < -0.3 is 15.4 Å². The van der Waals surface area contributed by atoms with E-state index in [1.807, 2.05) is 18.2 Å². The summed E-state index contributed by atoms with van der Waals surface area (Å²) in [5, 5.41) is 5.93. The summed E-state index contributed by atoms with van der Waals surface area (Å²) in [5.74, 6) is -0.918. The molecule has 1 aliphatic heterocycles. The minimum Gasteiger partial charge on any atom is -0.497 e. The third-order valence-corrected chi connectivity index (χ3v) is 6.25. The Morgan fingerprint density at radius 2 is 1.86 bits per heavy atom. The van der Waals surface area contributed by atoms with Crippen molar-refractivity contribution in [1.29, 1.82) is 0 Å². The average molecular weight is 513 g/mol. The third-order valence-electron chi connectivity index (χ3n) is 5.65. The molecule has 1 heterocycles. The van der Waals surface area contributed by atoms with E-state index >= 15 is 0 Å². The van der Waals surface area contributed by atoms with Gasteiger partial charge in [0.15, 0.2) is 5.78 Å². The van der Waals surface area contributed by atoms with E-state index in [4.69, 9.17) is 27.9 Å². The van der Waals surface area contributed by atoms with Crippen LogP contribution in [0.25, 0.3) is 5.70 Å². The Hall–Kier alpha value is -3.35. The van der Waals surface area contributed by atoms with Gasteiger partial charge in [-0.3, -0.25) is 9.59 Å². The molecule has 0 atom stereocenters. The van der Waals surface area contributed by atoms with Crippen molar-refractivity contribution in [3.63, 3.8) is 0 Å². The summed E-state index contributed by atoms with van der Waals surface area (Å²) < 4.78 is 19.2. The number of ether oxygens (including phenoxy) is 1. The Bertz CT molecular complexity index is 1370. The van der Waals surface area contributed by atoms with Crippen molar-refractivity contribution in [3.8, 4) is 5.75 Å². The maximum Gasteiger partial charge on any atom is 0.257 e. The molecule has 5 nitrogen and oxygen atoms in total. The Kier molecular flexibility index (Phi) is 6.88. The van der Waals surface area contributed by atoms with Crippen molar-refractivity contribution < 1.29 is 18.7 Å². The molecule has 1 aliphatic rings. The number of nitrogens with one attached hydrogen (secondary N) is 2. The minimum atomic E-state index is -0.753. The first kappa shape index (κ1) is 24.8. The number of hydrogen-bond acceptors (Lipinski definition) is 4. The number of methoxy groups -OCH3 is 1. The first-order valence-electron chi connectivity index (χ1n) is 10.8. The van der Waals surface area contributed by atoms with E-state index in [2.05, 4.69) is 24.5 Å². The first-order valence-corrected chi connectivity index (χ1v) is 11.6. The largest absolute Gasteiger partial charge is 0.497 e. The smallest absolute Gasteiger partial charge is 0.257 e. The highest BCUT2D eigenvalue weighted by molar-refractivity contribution is 6.37. The minimum absolute atomic E-state index is 0.0194. The van der Waals surface area contributed by atoms with Gasteiger partial charge in [-0.2, -0.15) is 0 Å². The molecule has 35 heavy (non-hydrogen) atoms. The lowest BCUT2D eigenvalue weighted by molar-refractivity contribution is 0.102. The van der Waals surface area contributed by atoms with Gasteiger partial charge in [0, 0.05) is 34.1 Å². The average Bonchev–Trinajstić information content (AvgIpc) is 2.80. The molecule has 0 aromatic heterocycles. The fourth-order valence-electron chi connectivity index (χ4n) is 4.01. The molecule has 180 valence electrons. The van der Waals surface area contributed by atoms with E-state index in [1.54, 1.807) is 37.5 Å². The second-order valence-corrected chi connectivity index (χ2v) is 9.73. The number of benzene rings is 3. The molecule has 2 N–H and O–H groups in total. The molecule has 4 rings (SSSR count). The number of ketones is 1. The summed E-state index contributed by atoms with van der Waals surface area (Å²) in [5.41, 5.74) is 3.14. The van der Waals surface area contributed by atoms with Crippen LogP contribution in [0.5, 0.6) is 5.75 Å². The lowest BCUT2D eigenvalue weighted by Crippen LogP contribution is -2.43. The van der Waals surface area contributed by atoms with Crippen LogP contribution in [0.15, 0.2) is 60.7 Å². The predicted molar refractivity (Wildman–Crippen MR) is 137 cm³/mol. The molecule has 1 amide bonds. The van der Waals surface area contributed by atoms with Crippen molar-refractivity contribution in [3.05, 3.63) is 98.8 Å². The van der Waals surface area contributed by atoms with E-state index in [9.17, 15) is 14.0 Å². The number of anilines is 1. The molecule has 8 heteroatoms. The summed E-state index contributed by atoms with van der Waals surface area (Å²) in [7, 11) is 1.60. The predicted octanol–water partition coefficient (Wildman–Crippen LogP) is 6.54. The molecule has 0 saturated heterocycles. The quantitative estimate of drug-likeness (QED) is 0.231. The highest BCUT2D eigenvalue weighted by Gasteiger charge is 2.28. The third kappa shape index (κ3) is 5.50. The number of hydrogen-bond donors (Lipinski definition) is 2. The molecule has 3 aromatic carbocycles. The zero-order valence-electron chi connectivity index (χ0n) is 19.3. The van der Waals surface area contributed by atoms with Crippen LogP contribution in [0.3, 0.4) is 0 Å². The topological polar surface area (TPSA) is 67.4 Å². The van der Waals surface area contributed by atoms with Crippen LogP contribution in [0.2, 0.25) is 10.0 Å². The summed E-state index contributed by atoms with van der Waals surface area (Å²) >= 11 is 11.8. The van der Waals surface area contributed by atoms with Crippen molar-refractivity contribution in [2.45, 2.75) is 25.8 Å². The summed E-state index contributed by atoms with van der Waals surface area (Å²) in [4.78, 5) is 25.8. The van der Waals surface area contributed by atoms with Crippen molar-refractivity contribution >= 4 is 46.3 Å². The number of allylic oxidation sites excluding steroid dienone is 1. The number of carbonyl (C=O) groups is 2. The van der Waals surface area contributed by atoms with Crippen LogP contribution in [-0.4, -0.2) is 24.3 Å². The highest BCUT2D eigenvalue weighted by Crippen LogP contribution is 2.32. The van der Waals surface area contributed by atoms with E-state index in [0.29, 0.717) is 22.7 Å². The lowest BCUT2D eigenvalue weighted by atomic mass is 9.85. The summed E-state index contributed by atoms with van der Waals surface area (Å²) in [6.45, 7) is 4.14. The fraction of sp³-hybridized carbons (Fsp3) is 0.185. The van der Waals surface area contributed by atoms with Gasteiger partial charge in [-0.1, -0.05) is 41.4 Å². The zero-order chi connectivity index (χ0) is 25.3. The monoisotopic (exact) mass is 512 g/mol. The summed E-state index contributed by atoms with van der Waals surface area (Å²) in [6.07, 6.45) is 2.35. The molecule has 0 spiro atoms. The molecule has 3 aromatic rings. The molecule has 0 saturated carbocycles. The molecule has 0 radical (unpaired) electrons. The molecule has 0 bridgehead atoms. The van der Waals surface area contributed by atoms with Gasteiger partial charge in [-0.05, 0) is 62.2 Å². The van der Waals surface area contributed by atoms with Crippen LogP contribution in [0.1, 0.15) is 45.7 Å². The Morgan fingerprint density at radius 3 is 2.60 bits per heavy atom. The Morgan fingerprint density at radius 1 is 1.09 bits per heavy atom. The van der Waals surface area contributed by atoms with Gasteiger partial charge in [0.05, 0.1) is 22.7 Å². The van der Waals surface area contributed by atoms with E-state index in [0.717, 1.165) is 23.6 Å². The number of rotatable bonds is 5. The van der Waals surface area contributed by atoms with Crippen LogP contribution in [-0.2, 0) is 6.42 Å². The van der Waals surface area contributed by atoms with Crippen molar-refractivity contribution in [2.75, 3.05) is 12.4 Å². The van der Waals surface area contributed by atoms with Crippen LogP contribution in [0, 0.1) is 5.82 Å². The van der Waals surface area contributed by atoms with Crippen LogP contribution >= 0.6 is 23.2 Å². The normalized spacial score (nSPS) is 15.2. The summed E-state index contributed by atoms with van der Waals surface area (Å²) in [6, 6.07) is 14.5. The highest BCUT2D eigenvalue weighted by atomic mass is 35.5. The van der Waals surface area contributed by atoms with E-state index in [1.165, 1.54) is 6.07 Å². The van der Waals surface area contributed by atoms with Crippen LogP contribution in [0.4, 0.5) is 10.1 Å². The first-order chi connectivity index (χ1) is 16.6. The maximum atomic E-state index is 13.8. The van der Waals surface area contributed by atoms with Gasteiger partial charge in [0.1, 0.15) is 11.6 Å². The fourth-order valence-corrected chi connectivity index (χ4v) is 4.48. The second kappa shape index (κ2) is 9.72. The molecular weight excluding hydrogens is 490 g/mol. The van der Waals surface area contributed by atoms with Gasteiger partial charge in [-0.25, -0.2) is 4.39 Å². The van der Waals surface area contributed by atoms with E-state index in [-0.39, 0.29) is 26.9 Å². The zero-order valence-corrected chi connectivity index (χ0v) is 20.9. The molecule has 0 fully saturated rings. The number of carbonyl (C=O) groups excluding carboxylic acids is 2. The van der Waals surface area contributed by atoms with Crippen LogP contribution < -0.4 is 15.4 Å². The van der Waals surface area contributed by atoms with Gasteiger partial charge in [-0.15, -0.1) is 0 Å². The number of fused-ring (bicyclic) bond motifs is 1. The Labute approximate surface area is 212 Å². The number of halogens is 3. The van der Waals surface area contributed by atoms with E-state index < -0.39 is 11.7 Å². The Balaban J connectivity index is 1.61. The molecular formula is C27H23Cl2FN2O3. The molecule has 0 unspecified atom stereocenters. The van der Waals surface area contributed by atoms with Crippen molar-refractivity contribution in [2.24, 2.45) is 0 Å².